The van der Waals surface area contributed by atoms with E-state index in [1.54, 1.807) is 11.0 Å². The highest BCUT2D eigenvalue weighted by molar-refractivity contribution is 6.30. The van der Waals surface area contributed by atoms with Crippen LogP contribution < -0.4 is 15.5 Å². The van der Waals surface area contributed by atoms with Gasteiger partial charge < -0.3 is 20.5 Å². The van der Waals surface area contributed by atoms with E-state index in [1.807, 2.05) is 56.6 Å². The summed E-state index contributed by atoms with van der Waals surface area (Å²) in [5.74, 6) is -3.69. The number of hydrogen-bond acceptors (Lipinski definition) is 2. The molecule has 0 bridgehead atoms. The first-order chi connectivity index (χ1) is 18.8. The van der Waals surface area contributed by atoms with Crippen LogP contribution in [-0.2, 0) is 11.2 Å². The lowest BCUT2D eigenvalue weighted by molar-refractivity contribution is -0.632. The predicted molar refractivity (Wildman–Crippen MR) is 148 cm³/mol. The van der Waals surface area contributed by atoms with Crippen molar-refractivity contribution in [1.29, 1.82) is 0 Å². The molecule has 0 spiro atoms. The fraction of sp³-hybridized carbons (Fsp3) is 0.267. The van der Waals surface area contributed by atoms with E-state index in [0.717, 1.165) is 52.8 Å². The van der Waals surface area contributed by atoms with Crippen molar-refractivity contribution in [2.45, 2.75) is 25.3 Å². The quantitative estimate of drug-likeness (QED) is 0.318. The number of nitrogens with zero attached hydrogens (tertiary/aromatic N) is 1. The normalized spacial score (nSPS) is 16.5. The van der Waals surface area contributed by atoms with Gasteiger partial charge in [-0.25, -0.2) is 8.78 Å². The molecule has 2 heterocycles. The average molecular weight is 552 g/mol. The van der Waals surface area contributed by atoms with Crippen LogP contribution in [0.4, 0.5) is 14.5 Å². The highest BCUT2D eigenvalue weighted by Gasteiger charge is 2.38. The molecule has 0 saturated carbocycles. The molecule has 0 radical (unpaired) electrons. The van der Waals surface area contributed by atoms with E-state index in [4.69, 9.17) is 11.6 Å². The predicted octanol–water partition coefficient (Wildman–Crippen LogP) is 4.40. The summed E-state index contributed by atoms with van der Waals surface area (Å²) in [6, 6.07) is 15.2. The lowest BCUT2D eigenvalue weighted by Crippen LogP contribution is -2.82. The highest BCUT2D eigenvalue weighted by atomic mass is 35.5. The molecule has 4 N–H and O–H groups in total. The number of rotatable bonds is 7. The summed E-state index contributed by atoms with van der Waals surface area (Å²) in [4.78, 5) is 32.6. The molecule has 2 amide bonds. The van der Waals surface area contributed by atoms with Crippen LogP contribution in [0.1, 0.15) is 34.3 Å². The Balaban J connectivity index is 1.57. The van der Waals surface area contributed by atoms with Gasteiger partial charge in [-0.05, 0) is 53.9 Å². The van der Waals surface area contributed by atoms with Gasteiger partial charge in [0.1, 0.15) is 23.2 Å². The van der Waals surface area contributed by atoms with Crippen LogP contribution >= 0.6 is 11.6 Å². The molecule has 1 aliphatic heterocycles. The van der Waals surface area contributed by atoms with E-state index in [2.05, 4.69) is 15.6 Å². The van der Waals surface area contributed by atoms with Gasteiger partial charge in [-0.15, -0.1) is 0 Å². The van der Waals surface area contributed by atoms with Gasteiger partial charge in [-0.3, -0.25) is 9.59 Å². The smallest absolute Gasteiger partial charge is 0.257 e. The molecule has 6 nitrogen and oxygen atoms in total. The molecule has 3 aromatic carbocycles. The fourth-order valence-corrected chi connectivity index (χ4v) is 5.75. The van der Waals surface area contributed by atoms with E-state index in [0.29, 0.717) is 11.6 Å². The van der Waals surface area contributed by atoms with Gasteiger partial charge in [0, 0.05) is 46.2 Å². The Hall–Kier alpha value is -3.75. The third-order valence-corrected chi connectivity index (χ3v) is 7.71. The summed E-state index contributed by atoms with van der Waals surface area (Å²) >= 11 is 6.29. The van der Waals surface area contributed by atoms with E-state index >= 15 is 0 Å². The van der Waals surface area contributed by atoms with Crippen LogP contribution in [0.15, 0.2) is 66.9 Å². The Morgan fingerprint density at radius 2 is 1.87 bits per heavy atom. The number of nitrogens with two attached hydrogens (primary N) is 1. The maximum atomic E-state index is 14.5. The largest absolute Gasteiger partial charge is 0.361 e. The van der Waals surface area contributed by atoms with Gasteiger partial charge in [-0.2, -0.15) is 0 Å². The first-order valence-electron chi connectivity index (χ1n) is 13.0. The number of amides is 2. The summed E-state index contributed by atoms with van der Waals surface area (Å²) in [5, 5.41) is 6.24. The summed E-state index contributed by atoms with van der Waals surface area (Å²) < 4.78 is 29.1. The fourth-order valence-electron chi connectivity index (χ4n) is 5.56. The van der Waals surface area contributed by atoms with Crippen molar-refractivity contribution >= 4 is 40.0 Å². The van der Waals surface area contributed by atoms with Crippen LogP contribution in [0, 0.1) is 17.6 Å². The zero-order chi connectivity index (χ0) is 27.7. The molecular formula is C30H30ClF2N4O2+. The van der Waals surface area contributed by atoms with Crippen LogP contribution in [0.5, 0.6) is 0 Å². The van der Waals surface area contributed by atoms with E-state index < -0.39 is 35.1 Å². The highest BCUT2D eigenvalue weighted by Crippen LogP contribution is 2.35. The van der Waals surface area contributed by atoms with E-state index in [1.165, 1.54) is 6.07 Å². The maximum absolute atomic E-state index is 14.5. The molecule has 4 aromatic rings. The molecule has 3 atom stereocenters. The van der Waals surface area contributed by atoms with Crippen LogP contribution in [0.25, 0.3) is 10.9 Å². The number of aromatic amines is 1. The molecule has 1 aliphatic rings. The minimum Gasteiger partial charge on any atom is -0.361 e. The molecule has 39 heavy (non-hydrogen) atoms. The van der Waals surface area contributed by atoms with Gasteiger partial charge >= 0.3 is 0 Å². The second kappa shape index (κ2) is 11.2. The van der Waals surface area contributed by atoms with Crippen molar-refractivity contribution in [2.75, 3.05) is 25.0 Å². The number of para-hydroxylation sites is 1. The van der Waals surface area contributed by atoms with Gasteiger partial charge in [-0.1, -0.05) is 42.8 Å². The van der Waals surface area contributed by atoms with Gasteiger partial charge in [0.2, 0.25) is 5.91 Å². The number of benzene rings is 3. The Morgan fingerprint density at radius 3 is 2.62 bits per heavy atom. The third kappa shape index (κ3) is 5.27. The van der Waals surface area contributed by atoms with Gasteiger partial charge in [0.15, 0.2) is 0 Å². The molecule has 2 unspecified atom stereocenters. The molecule has 0 aliphatic carbocycles. The first-order valence-corrected chi connectivity index (χ1v) is 13.3. The Labute approximate surface area is 230 Å². The number of H-pyrrole nitrogens is 1. The SMILES string of the molecule is C[NH2+]C[C@H]1Cc2cc(Cl)ccc2N(C(=O)C(NC(=O)c2c(F)cccc2F)C(C)c2c[nH]c3ccccc23)C1. The zero-order valence-corrected chi connectivity index (χ0v) is 22.4. The Morgan fingerprint density at radius 1 is 1.13 bits per heavy atom. The minimum atomic E-state index is -1.11. The summed E-state index contributed by atoms with van der Waals surface area (Å²) in [7, 11) is 1.98. The summed E-state index contributed by atoms with van der Waals surface area (Å²) in [6.45, 7) is 3.07. The first kappa shape index (κ1) is 26.8. The second-order valence-electron chi connectivity index (χ2n) is 10.1. The summed E-state index contributed by atoms with van der Waals surface area (Å²) in [6.07, 6.45) is 2.57. The van der Waals surface area contributed by atoms with Crippen molar-refractivity contribution in [3.63, 3.8) is 0 Å². The molecule has 0 saturated heterocycles. The second-order valence-corrected chi connectivity index (χ2v) is 10.5. The van der Waals surface area contributed by atoms with Gasteiger partial charge in [0.25, 0.3) is 5.91 Å². The Kier molecular flexibility index (Phi) is 7.68. The van der Waals surface area contributed by atoms with Crippen molar-refractivity contribution in [3.8, 4) is 0 Å². The van der Waals surface area contributed by atoms with Crippen molar-refractivity contribution < 1.29 is 23.7 Å². The van der Waals surface area contributed by atoms with Crippen LogP contribution in [0.3, 0.4) is 0 Å². The van der Waals surface area contributed by atoms with Crippen molar-refractivity contribution in [2.24, 2.45) is 5.92 Å². The molecule has 202 valence electrons. The zero-order valence-electron chi connectivity index (χ0n) is 21.7. The minimum absolute atomic E-state index is 0.161. The number of quaternary nitrogens is 1. The maximum Gasteiger partial charge on any atom is 0.257 e. The monoisotopic (exact) mass is 551 g/mol. The van der Waals surface area contributed by atoms with E-state index in [-0.39, 0.29) is 11.8 Å². The van der Waals surface area contributed by atoms with Crippen molar-refractivity contribution in [3.05, 3.63) is 100 Å². The number of halogens is 3. The third-order valence-electron chi connectivity index (χ3n) is 7.47. The number of fused-ring (bicyclic) bond motifs is 2. The molecular weight excluding hydrogens is 522 g/mol. The molecule has 0 fully saturated rings. The molecule has 1 aromatic heterocycles. The average Bonchev–Trinajstić information content (AvgIpc) is 3.35. The van der Waals surface area contributed by atoms with Crippen molar-refractivity contribution in [1.82, 2.24) is 10.3 Å². The lowest BCUT2D eigenvalue weighted by Gasteiger charge is -2.37. The summed E-state index contributed by atoms with van der Waals surface area (Å²) in [5.41, 5.74) is 2.64. The van der Waals surface area contributed by atoms with E-state index in [9.17, 15) is 18.4 Å². The van der Waals surface area contributed by atoms with Crippen LogP contribution in [-0.4, -0.2) is 43.0 Å². The number of anilines is 1. The lowest BCUT2D eigenvalue weighted by atomic mass is 9.88. The number of aromatic nitrogens is 1. The number of hydrogen-bond donors (Lipinski definition) is 3. The molecule has 9 heteroatoms. The number of carbonyl (C=O) groups is 2. The topological polar surface area (TPSA) is 81.8 Å². The Bertz CT molecular complexity index is 1520. The van der Waals surface area contributed by atoms with Gasteiger partial charge in [0.05, 0.1) is 13.6 Å². The molecule has 5 rings (SSSR count). The standard InChI is InChI=1S/C30H29ClF2N4O2/c1-17(22-15-35-25-9-4-3-6-21(22)25)28(36-29(38)27-23(32)7-5-8-24(27)33)30(39)37-16-18(14-34-2)12-19-13-20(31)10-11-26(19)37/h3-11,13,15,17-18,28,34-35H,12,14,16H2,1-2H3,(H,36,38)/p+1/t17?,18-,28?/m1/s1. The van der Waals surface area contributed by atoms with Crippen LogP contribution in [0.2, 0.25) is 5.02 Å². The number of carbonyl (C=O) groups excluding carboxylic acids is 2. The number of nitrogens with one attached hydrogen (secondary N) is 2.